The van der Waals surface area contributed by atoms with Crippen molar-refractivity contribution in [3.05, 3.63) is 57.6 Å². The molecule has 4 nitrogen and oxygen atoms in total. The number of carboxylic acids is 1. The van der Waals surface area contributed by atoms with Gasteiger partial charge < -0.3 is 10.4 Å². The second-order valence-corrected chi connectivity index (χ2v) is 6.58. The number of hydrogen-bond donors (Lipinski definition) is 2. The summed E-state index contributed by atoms with van der Waals surface area (Å²) in [5.74, 6) is -1.42. The molecular formula is C16H13Cl2NO3S. The van der Waals surface area contributed by atoms with Crippen LogP contribution in [0.2, 0.25) is 10.0 Å². The predicted molar refractivity (Wildman–Crippen MR) is 94.0 cm³/mol. The smallest absolute Gasteiger partial charge is 0.339 e. The molecule has 0 radical (unpaired) electrons. The molecule has 0 spiro atoms. The number of aryl methyl sites for hydroxylation is 1. The Morgan fingerprint density at radius 3 is 2.57 bits per heavy atom. The van der Waals surface area contributed by atoms with E-state index in [1.165, 1.54) is 23.9 Å². The third-order valence-electron chi connectivity index (χ3n) is 3.00. The van der Waals surface area contributed by atoms with Gasteiger partial charge in [0.25, 0.3) is 0 Å². The number of anilines is 1. The van der Waals surface area contributed by atoms with Gasteiger partial charge in [0, 0.05) is 9.92 Å². The van der Waals surface area contributed by atoms with Gasteiger partial charge in [0.15, 0.2) is 0 Å². The molecule has 7 heteroatoms. The highest BCUT2D eigenvalue weighted by atomic mass is 35.5. The van der Waals surface area contributed by atoms with E-state index in [-0.39, 0.29) is 33.0 Å². The molecule has 23 heavy (non-hydrogen) atoms. The Morgan fingerprint density at radius 1 is 1.22 bits per heavy atom. The molecular weight excluding hydrogens is 357 g/mol. The van der Waals surface area contributed by atoms with Crippen LogP contribution in [0.15, 0.2) is 41.3 Å². The number of amides is 1. The van der Waals surface area contributed by atoms with Gasteiger partial charge in [-0.1, -0.05) is 41.4 Å². The lowest BCUT2D eigenvalue weighted by Crippen LogP contribution is -2.17. The number of aromatic carboxylic acids is 1. The Bertz CT molecular complexity index is 765. The molecule has 1 amide bonds. The van der Waals surface area contributed by atoms with E-state index < -0.39 is 5.97 Å². The van der Waals surface area contributed by atoms with Crippen LogP contribution in [0, 0.1) is 6.92 Å². The van der Waals surface area contributed by atoms with Crippen LogP contribution in [0.4, 0.5) is 5.69 Å². The van der Waals surface area contributed by atoms with Gasteiger partial charge in [-0.15, -0.1) is 11.8 Å². The minimum atomic E-state index is -1.23. The molecule has 0 atom stereocenters. The predicted octanol–water partition coefficient (Wildman–Crippen LogP) is 4.73. The Hall–Kier alpha value is -1.69. The number of carbonyl (C=O) groups is 2. The monoisotopic (exact) mass is 369 g/mol. The van der Waals surface area contributed by atoms with Crippen molar-refractivity contribution in [2.24, 2.45) is 0 Å². The average Bonchev–Trinajstić information content (AvgIpc) is 2.45. The van der Waals surface area contributed by atoms with Crippen molar-refractivity contribution >= 4 is 52.5 Å². The van der Waals surface area contributed by atoms with E-state index in [1.54, 1.807) is 0 Å². The standard InChI is InChI=1S/C16H13Cl2NO3S/c1-9-4-2-3-5-13(9)23-8-14(20)19-12-7-10(17)6-11(18)15(12)16(21)22/h2-7H,8H2,1H3,(H,19,20)(H,21,22). The van der Waals surface area contributed by atoms with Gasteiger partial charge in [-0.3, -0.25) is 4.79 Å². The van der Waals surface area contributed by atoms with E-state index in [0.717, 1.165) is 10.5 Å². The van der Waals surface area contributed by atoms with Gasteiger partial charge in [-0.2, -0.15) is 0 Å². The Balaban J connectivity index is 2.12. The van der Waals surface area contributed by atoms with Gasteiger partial charge in [0.05, 0.1) is 16.5 Å². The summed E-state index contributed by atoms with van der Waals surface area (Å²) in [7, 11) is 0. The van der Waals surface area contributed by atoms with E-state index in [1.807, 2.05) is 31.2 Å². The lowest BCUT2D eigenvalue weighted by molar-refractivity contribution is -0.113. The minimum absolute atomic E-state index is 0.0214. The molecule has 0 heterocycles. The second-order valence-electron chi connectivity index (χ2n) is 4.72. The molecule has 0 fully saturated rings. The van der Waals surface area contributed by atoms with E-state index in [4.69, 9.17) is 23.2 Å². The maximum absolute atomic E-state index is 12.1. The normalized spacial score (nSPS) is 10.4. The van der Waals surface area contributed by atoms with Crippen molar-refractivity contribution in [2.45, 2.75) is 11.8 Å². The van der Waals surface area contributed by atoms with E-state index in [0.29, 0.717) is 0 Å². The number of carbonyl (C=O) groups excluding carboxylic acids is 1. The highest BCUT2D eigenvalue weighted by Gasteiger charge is 2.18. The highest BCUT2D eigenvalue weighted by Crippen LogP contribution is 2.30. The van der Waals surface area contributed by atoms with Gasteiger partial charge in [-0.25, -0.2) is 4.79 Å². The first kappa shape index (κ1) is 17.7. The van der Waals surface area contributed by atoms with Gasteiger partial charge in [0.1, 0.15) is 5.56 Å². The van der Waals surface area contributed by atoms with E-state index >= 15 is 0 Å². The fraction of sp³-hybridized carbons (Fsp3) is 0.125. The van der Waals surface area contributed by atoms with Crippen LogP contribution in [0.5, 0.6) is 0 Å². The summed E-state index contributed by atoms with van der Waals surface area (Å²) in [6, 6.07) is 10.4. The van der Waals surface area contributed by atoms with Crippen molar-refractivity contribution in [1.82, 2.24) is 0 Å². The van der Waals surface area contributed by atoms with Crippen molar-refractivity contribution in [3.8, 4) is 0 Å². The molecule has 2 N–H and O–H groups in total. The Labute approximate surface area is 147 Å². The van der Waals surface area contributed by atoms with Crippen LogP contribution in [-0.2, 0) is 4.79 Å². The summed E-state index contributed by atoms with van der Waals surface area (Å²) in [5, 5.41) is 12.0. The first-order valence-corrected chi connectivity index (χ1v) is 8.33. The Morgan fingerprint density at radius 2 is 1.91 bits per heavy atom. The third kappa shape index (κ3) is 4.64. The largest absolute Gasteiger partial charge is 0.478 e. The summed E-state index contributed by atoms with van der Waals surface area (Å²) in [4.78, 5) is 24.3. The number of hydrogen-bond acceptors (Lipinski definition) is 3. The van der Waals surface area contributed by atoms with Crippen molar-refractivity contribution in [3.63, 3.8) is 0 Å². The van der Waals surface area contributed by atoms with E-state index in [9.17, 15) is 14.7 Å². The zero-order valence-electron chi connectivity index (χ0n) is 12.1. The third-order valence-corrected chi connectivity index (χ3v) is 4.69. The number of thioether (sulfide) groups is 1. The maximum atomic E-state index is 12.1. The summed E-state index contributed by atoms with van der Waals surface area (Å²) in [6.45, 7) is 1.96. The zero-order chi connectivity index (χ0) is 17.0. The number of carboxylic acid groups (broad SMARTS) is 1. The molecule has 2 aromatic carbocycles. The molecule has 0 aromatic heterocycles. The number of halogens is 2. The molecule has 0 aliphatic carbocycles. The van der Waals surface area contributed by atoms with Gasteiger partial charge in [-0.05, 0) is 30.7 Å². The first-order valence-electron chi connectivity index (χ1n) is 6.59. The fourth-order valence-corrected chi connectivity index (χ4v) is 3.34. The van der Waals surface area contributed by atoms with Crippen LogP contribution in [0.25, 0.3) is 0 Å². The summed E-state index contributed by atoms with van der Waals surface area (Å²) >= 11 is 13.1. The molecule has 120 valence electrons. The van der Waals surface area contributed by atoms with Crippen LogP contribution >= 0.6 is 35.0 Å². The Kier molecular flexibility index (Phi) is 5.93. The summed E-state index contributed by atoms with van der Waals surface area (Å²) < 4.78 is 0. The number of rotatable bonds is 5. The lowest BCUT2D eigenvalue weighted by atomic mass is 10.1. The lowest BCUT2D eigenvalue weighted by Gasteiger charge is -2.11. The molecule has 2 rings (SSSR count). The number of nitrogens with one attached hydrogen (secondary N) is 1. The topological polar surface area (TPSA) is 66.4 Å². The van der Waals surface area contributed by atoms with Crippen molar-refractivity contribution in [1.29, 1.82) is 0 Å². The molecule has 0 bridgehead atoms. The molecule has 0 unspecified atom stereocenters. The first-order chi connectivity index (χ1) is 10.9. The molecule has 0 saturated carbocycles. The summed E-state index contributed by atoms with van der Waals surface area (Å²) in [5.41, 5.74) is 0.984. The van der Waals surface area contributed by atoms with E-state index in [2.05, 4.69) is 5.32 Å². The van der Waals surface area contributed by atoms with Crippen LogP contribution < -0.4 is 5.32 Å². The minimum Gasteiger partial charge on any atom is -0.478 e. The fourth-order valence-electron chi connectivity index (χ4n) is 1.94. The van der Waals surface area contributed by atoms with Gasteiger partial charge >= 0.3 is 5.97 Å². The molecule has 2 aromatic rings. The quantitative estimate of drug-likeness (QED) is 0.747. The van der Waals surface area contributed by atoms with Crippen LogP contribution in [0.1, 0.15) is 15.9 Å². The molecule has 0 saturated heterocycles. The summed E-state index contributed by atoms with van der Waals surface area (Å²) in [6.07, 6.45) is 0. The highest BCUT2D eigenvalue weighted by molar-refractivity contribution is 8.00. The molecule has 0 aliphatic heterocycles. The van der Waals surface area contributed by atoms with Crippen LogP contribution in [0.3, 0.4) is 0 Å². The maximum Gasteiger partial charge on any atom is 0.339 e. The average molecular weight is 370 g/mol. The molecule has 0 aliphatic rings. The van der Waals surface area contributed by atoms with Gasteiger partial charge in [0.2, 0.25) is 5.91 Å². The SMILES string of the molecule is Cc1ccccc1SCC(=O)Nc1cc(Cl)cc(Cl)c1C(=O)O. The zero-order valence-corrected chi connectivity index (χ0v) is 14.4. The van der Waals surface area contributed by atoms with Crippen molar-refractivity contribution in [2.75, 3.05) is 11.1 Å². The second kappa shape index (κ2) is 7.73. The van der Waals surface area contributed by atoms with Crippen molar-refractivity contribution < 1.29 is 14.7 Å². The van der Waals surface area contributed by atoms with Crippen LogP contribution in [-0.4, -0.2) is 22.7 Å². The number of benzene rings is 2.